The molecule has 0 aliphatic rings. The Morgan fingerprint density at radius 2 is 2.13 bits per heavy atom. The Hall–Kier alpha value is -2.03. The number of hydrogen-bond donors (Lipinski definition) is 1. The molecule has 3 heteroatoms. The van der Waals surface area contributed by atoms with E-state index in [1.165, 1.54) is 7.11 Å². The van der Waals surface area contributed by atoms with Gasteiger partial charge < -0.3 is 9.72 Å². The molecule has 0 saturated carbocycles. The number of benzene rings is 1. The van der Waals surface area contributed by atoms with Gasteiger partial charge in [-0.05, 0) is 29.3 Å². The highest BCUT2D eigenvalue weighted by molar-refractivity contribution is 5.90. The highest BCUT2D eigenvalue weighted by Gasteiger charge is 2.06. The normalized spacial score (nSPS) is 9.93. The fourth-order valence-electron chi connectivity index (χ4n) is 1.45. The Bertz CT molecular complexity index is 460. The number of nitrogens with one attached hydrogen (secondary N) is 1. The molecule has 0 saturated heterocycles. The van der Waals surface area contributed by atoms with Gasteiger partial charge in [0.2, 0.25) is 0 Å². The number of rotatable bonds is 2. The third-order valence-corrected chi connectivity index (χ3v) is 2.21. The van der Waals surface area contributed by atoms with Gasteiger partial charge in [0, 0.05) is 12.4 Å². The van der Waals surface area contributed by atoms with Crippen molar-refractivity contribution < 1.29 is 9.53 Å². The minimum atomic E-state index is -0.313. The molecule has 2 rings (SSSR count). The van der Waals surface area contributed by atoms with E-state index in [0.717, 1.165) is 11.1 Å². The van der Waals surface area contributed by atoms with E-state index in [9.17, 15) is 4.79 Å². The molecule has 76 valence electrons. The number of ether oxygens (including phenoxy) is 1. The third kappa shape index (κ3) is 1.91. The fourth-order valence-corrected chi connectivity index (χ4v) is 1.45. The van der Waals surface area contributed by atoms with Crippen molar-refractivity contribution >= 4 is 5.97 Å². The number of esters is 1. The number of hydrogen-bond acceptors (Lipinski definition) is 2. The standard InChI is InChI=1S/C12H11NO2/c1-15-12(14)10-4-2-3-9(7-10)11-5-6-13-8-11/h2-8,13H,1H3. The summed E-state index contributed by atoms with van der Waals surface area (Å²) < 4.78 is 4.66. The molecule has 0 bridgehead atoms. The quantitative estimate of drug-likeness (QED) is 0.758. The number of methoxy groups -OCH3 is 1. The highest BCUT2D eigenvalue weighted by atomic mass is 16.5. The topological polar surface area (TPSA) is 42.1 Å². The Morgan fingerprint density at radius 1 is 1.27 bits per heavy atom. The second-order valence-corrected chi connectivity index (χ2v) is 3.17. The van der Waals surface area contributed by atoms with Crippen molar-refractivity contribution in [1.29, 1.82) is 0 Å². The first kappa shape index (κ1) is 9.52. The molecule has 1 heterocycles. The average molecular weight is 201 g/mol. The van der Waals surface area contributed by atoms with E-state index in [0.29, 0.717) is 5.56 Å². The van der Waals surface area contributed by atoms with Gasteiger partial charge in [-0.15, -0.1) is 0 Å². The van der Waals surface area contributed by atoms with E-state index in [4.69, 9.17) is 0 Å². The van der Waals surface area contributed by atoms with Gasteiger partial charge in [0.1, 0.15) is 0 Å². The summed E-state index contributed by atoms with van der Waals surface area (Å²) in [5.41, 5.74) is 2.62. The molecule has 1 N–H and O–H groups in total. The van der Waals surface area contributed by atoms with Crippen molar-refractivity contribution in [2.75, 3.05) is 7.11 Å². The molecule has 0 aliphatic heterocycles. The van der Waals surface area contributed by atoms with Gasteiger partial charge >= 0.3 is 5.97 Å². The lowest BCUT2D eigenvalue weighted by molar-refractivity contribution is 0.0601. The van der Waals surface area contributed by atoms with Gasteiger partial charge in [-0.3, -0.25) is 0 Å². The van der Waals surface area contributed by atoms with Crippen LogP contribution in [0.15, 0.2) is 42.7 Å². The van der Waals surface area contributed by atoms with Crippen LogP contribution >= 0.6 is 0 Å². The molecule has 0 spiro atoms. The van der Waals surface area contributed by atoms with Crippen LogP contribution < -0.4 is 0 Å². The number of aromatic amines is 1. The van der Waals surface area contributed by atoms with Crippen LogP contribution in [-0.2, 0) is 4.74 Å². The minimum Gasteiger partial charge on any atom is -0.465 e. The van der Waals surface area contributed by atoms with Crippen LogP contribution in [0, 0.1) is 0 Å². The van der Waals surface area contributed by atoms with Crippen molar-refractivity contribution in [2.45, 2.75) is 0 Å². The summed E-state index contributed by atoms with van der Waals surface area (Å²) in [6.45, 7) is 0. The number of carbonyl (C=O) groups is 1. The summed E-state index contributed by atoms with van der Waals surface area (Å²) >= 11 is 0. The molecule has 1 aromatic heterocycles. The van der Waals surface area contributed by atoms with Crippen LogP contribution in [0.4, 0.5) is 0 Å². The molecule has 15 heavy (non-hydrogen) atoms. The van der Waals surface area contributed by atoms with E-state index >= 15 is 0 Å². The SMILES string of the molecule is COC(=O)c1cccc(-c2cc[nH]c2)c1. The van der Waals surface area contributed by atoms with E-state index in [-0.39, 0.29) is 5.97 Å². The summed E-state index contributed by atoms with van der Waals surface area (Å²) in [5, 5.41) is 0. The lowest BCUT2D eigenvalue weighted by Crippen LogP contribution is -2.00. The molecule has 3 nitrogen and oxygen atoms in total. The summed E-state index contributed by atoms with van der Waals surface area (Å²) in [7, 11) is 1.38. The fraction of sp³-hybridized carbons (Fsp3) is 0.0833. The predicted octanol–water partition coefficient (Wildman–Crippen LogP) is 2.47. The molecular weight excluding hydrogens is 190 g/mol. The Morgan fingerprint density at radius 3 is 2.80 bits per heavy atom. The average Bonchev–Trinajstić information content (AvgIpc) is 2.82. The van der Waals surface area contributed by atoms with Crippen LogP contribution in [0.25, 0.3) is 11.1 Å². The van der Waals surface area contributed by atoms with Gasteiger partial charge in [0.25, 0.3) is 0 Å². The maximum atomic E-state index is 11.3. The molecule has 0 aliphatic carbocycles. The van der Waals surface area contributed by atoms with Crippen molar-refractivity contribution in [2.24, 2.45) is 0 Å². The monoisotopic (exact) mass is 201 g/mol. The zero-order valence-corrected chi connectivity index (χ0v) is 8.36. The van der Waals surface area contributed by atoms with Crippen LogP contribution in [-0.4, -0.2) is 18.1 Å². The van der Waals surface area contributed by atoms with Crippen LogP contribution in [0.5, 0.6) is 0 Å². The number of carbonyl (C=O) groups excluding carboxylic acids is 1. The van der Waals surface area contributed by atoms with Crippen molar-refractivity contribution in [3.05, 3.63) is 48.3 Å². The predicted molar refractivity (Wildman–Crippen MR) is 57.6 cm³/mol. The number of aromatic nitrogens is 1. The molecule has 0 radical (unpaired) electrons. The van der Waals surface area contributed by atoms with E-state index in [1.54, 1.807) is 6.07 Å². The minimum absolute atomic E-state index is 0.313. The smallest absolute Gasteiger partial charge is 0.337 e. The number of H-pyrrole nitrogens is 1. The first-order valence-electron chi connectivity index (χ1n) is 4.63. The molecule has 0 amide bonds. The van der Waals surface area contributed by atoms with Gasteiger partial charge in [0.15, 0.2) is 0 Å². The summed E-state index contributed by atoms with van der Waals surface area (Å²) in [4.78, 5) is 14.3. The second-order valence-electron chi connectivity index (χ2n) is 3.17. The zero-order chi connectivity index (χ0) is 10.7. The zero-order valence-electron chi connectivity index (χ0n) is 8.36. The van der Waals surface area contributed by atoms with Gasteiger partial charge in [-0.1, -0.05) is 12.1 Å². The molecule has 0 atom stereocenters. The van der Waals surface area contributed by atoms with Crippen LogP contribution in [0.1, 0.15) is 10.4 Å². The third-order valence-electron chi connectivity index (χ3n) is 2.21. The van der Waals surface area contributed by atoms with Crippen LogP contribution in [0.2, 0.25) is 0 Å². The second kappa shape index (κ2) is 4.00. The van der Waals surface area contributed by atoms with E-state index in [1.807, 2.05) is 36.7 Å². The molecular formula is C12H11NO2. The maximum Gasteiger partial charge on any atom is 0.337 e. The Labute approximate surface area is 87.7 Å². The van der Waals surface area contributed by atoms with Crippen molar-refractivity contribution in [1.82, 2.24) is 4.98 Å². The van der Waals surface area contributed by atoms with E-state index in [2.05, 4.69) is 9.72 Å². The van der Waals surface area contributed by atoms with Crippen molar-refractivity contribution in [3.8, 4) is 11.1 Å². The molecule has 1 aromatic carbocycles. The van der Waals surface area contributed by atoms with Gasteiger partial charge in [-0.25, -0.2) is 4.79 Å². The first-order chi connectivity index (χ1) is 7.31. The largest absolute Gasteiger partial charge is 0.465 e. The first-order valence-corrected chi connectivity index (χ1v) is 4.63. The van der Waals surface area contributed by atoms with Crippen molar-refractivity contribution in [3.63, 3.8) is 0 Å². The Kier molecular flexibility index (Phi) is 2.54. The molecule has 2 aromatic rings. The van der Waals surface area contributed by atoms with Gasteiger partial charge in [0.05, 0.1) is 12.7 Å². The Balaban J connectivity index is 2.39. The highest BCUT2D eigenvalue weighted by Crippen LogP contribution is 2.19. The molecule has 0 fully saturated rings. The molecule has 0 unspecified atom stereocenters. The maximum absolute atomic E-state index is 11.3. The van der Waals surface area contributed by atoms with E-state index < -0.39 is 0 Å². The lowest BCUT2D eigenvalue weighted by atomic mass is 10.1. The van der Waals surface area contributed by atoms with Gasteiger partial charge in [-0.2, -0.15) is 0 Å². The van der Waals surface area contributed by atoms with Crippen LogP contribution in [0.3, 0.4) is 0 Å². The summed E-state index contributed by atoms with van der Waals surface area (Å²) in [5.74, 6) is -0.313. The summed E-state index contributed by atoms with van der Waals surface area (Å²) in [6, 6.07) is 9.30. The lowest BCUT2D eigenvalue weighted by Gasteiger charge is -2.01. The summed E-state index contributed by atoms with van der Waals surface area (Å²) in [6.07, 6.45) is 3.73.